The van der Waals surface area contributed by atoms with Gasteiger partial charge in [-0.2, -0.15) is 5.10 Å². The number of hydrogen-bond donors (Lipinski definition) is 1. The van der Waals surface area contributed by atoms with E-state index in [1.165, 1.54) is 16.7 Å². The average Bonchev–Trinajstić information content (AvgIpc) is 2.90. The number of nitrogens with zero attached hydrogens (tertiary/aromatic N) is 3. The monoisotopic (exact) mass is 318 g/mol. The molecule has 7 heteroatoms. The lowest BCUT2D eigenvalue weighted by Crippen LogP contribution is -2.42. The fourth-order valence-electron chi connectivity index (χ4n) is 2.51. The van der Waals surface area contributed by atoms with Crippen molar-refractivity contribution >= 4 is 29.1 Å². The number of hydrogen-bond acceptors (Lipinski definition) is 3. The van der Waals surface area contributed by atoms with E-state index < -0.39 is 11.8 Å². The summed E-state index contributed by atoms with van der Waals surface area (Å²) in [5.41, 5.74) is 2.66. The number of halogens is 1. The standard InChI is InChI=1S/C15H15ClN4O2/c1-19-9-13(7-17-19)18-14(21)15(22)20-5-4-10-2-3-12(16)6-11(10)8-20/h2-3,6-7,9H,4-5,8H2,1H3,(H,18,21). The Morgan fingerprint density at radius 2 is 2.14 bits per heavy atom. The maximum absolute atomic E-state index is 12.3. The van der Waals surface area contributed by atoms with Gasteiger partial charge in [-0.25, -0.2) is 0 Å². The van der Waals surface area contributed by atoms with Crippen LogP contribution in [-0.4, -0.2) is 33.0 Å². The highest BCUT2D eigenvalue weighted by Crippen LogP contribution is 2.22. The largest absolute Gasteiger partial charge is 0.330 e. The van der Waals surface area contributed by atoms with Gasteiger partial charge in [-0.05, 0) is 29.7 Å². The second kappa shape index (κ2) is 5.81. The van der Waals surface area contributed by atoms with Crippen LogP contribution < -0.4 is 5.32 Å². The number of nitrogens with one attached hydrogen (secondary N) is 1. The van der Waals surface area contributed by atoms with Crippen molar-refractivity contribution in [2.24, 2.45) is 7.05 Å². The second-order valence-electron chi connectivity index (χ2n) is 5.25. The van der Waals surface area contributed by atoms with Crippen molar-refractivity contribution in [1.29, 1.82) is 0 Å². The molecule has 0 radical (unpaired) electrons. The summed E-state index contributed by atoms with van der Waals surface area (Å²) < 4.78 is 1.55. The molecule has 2 aromatic rings. The molecule has 2 heterocycles. The second-order valence-corrected chi connectivity index (χ2v) is 5.68. The zero-order valence-electron chi connectivity index (χ0n) is 12.0. The first kappa shape index (κ1) is 14.6. The Morgan fingerprint density at radius 1 is 1.32 bits per heavy atom. The molecule has 2 amide bonds. The third-order valence-electron chi connectivity index (χ3n) is 3.62. The van der Waals surface area contributed by atoms with Gasteiger partial charge in [0.25, 0.3) is 0 Å². The van der Waals surface area contributed by atoms with Gasteiger partial charge in [0.2, 0.25) is 0 Å². The number of fused-ring (bicyclic) bond motifs is 1. The highest BCUT2D eigenvalue weighted by Gasteiger charge is 2.26. The van der Waals surface area contributed by atoms with Crippen LogP contribution >= 0.6 is 11.6 Å². The van der Waals surface area contributed by atoms with Gasteiger partial charge in [-0.1, -0.05) is 17.7 Å². The van der Waals surface area contributed by atoms with Crippen molar-refractivity contribution in [3.63, 3.8) is 0 Å². The lowest BCUT2D eigenvalue weighted by Gasteiger charge is -2.28. The van der Waals surface area contributed by atoms with Crippen molar-refractivity contribution in [2.45, 2.75) is 13.0 Å². The molecule has 0 fully saturated rings. The average molecular weight is 319 g/mol. The molecule has 22 heavy (non-hydrogen) atoms. The third-order valence-corrected chi connectivity index (χ3v) is 3.86. The van der Waals surface area contributed by atoms with Gasteiger partial charge in [0.1, 0.15) is 0 Å². The fourth-order valence-corrected chi connectivity index (χ4v) is 2.71. The first-order valence-corrected chi connectivity index (χ1v) is 7.27. The van der Waals surface area contributed by atoms with E-state index >= 15 is 0 Å². The lowest BCUT2D eigenvalue weighted by molar-refractivity contribution is -0.143. The van der Waals surface area contributed by atoms with E-state index in [9.17, 15) is 9.59 Å². The normalized spacial score (nSPS) is 13.6. The van der Waals surface area contributed by atoms with Crippen molar-refractivity contribution in [3.8, 4) is 0 Å². The van der Waals surface area contributed by atoms with Gasteiger partial charge in [0, 0.05) is 31.4 Å². The van der Waals surface area contributed by atoms with Gasteiger partial charge >= 0.3 is 11.8 Å². The molecule has 0 aliphatic carbocycles. The summed E-state index contributed by atoms with van der Waals surface area (Å²) in [6.07, 6.45) is 3.85. The van der Waals surface area contributed by atoms with E-state index in [-0.39, 0.29) is 0 Å². The van der Waals surface area contributed by atoms with Crippen molar-refractivity contribution in [2.75, 3.05) is 11.9 Å². The Morgan fingerprint density at radius 3 is 2.86 bits per heavy atom. The summed E-state index contributed by atoms with van der Waals surface area (Å²) in [6.45, 7) is 0.920. The first-order chi connectivity index (χ1) is 10.5. The Balaban J connectivity index is 1.69. The summed E-state index contributed by atoms with van der Waals surface area (Å²) in [6, 6.07) is 5.65. The number of aromatic nitrogens is 2. The van der Waals surface area contributed by atoms with Crippen LogP contribution in [0.3, 0.4) is 0 Å². The van der Waals surface area contributed by atoms with Gasteiger partial charge in [-0.15, -0.1) is 0 Å². The van der Waals surface area contributed by atoms with Crippen molar-refractivity contribution in [1.82, 2.24) is 14.7 Å². The van der Waals surface area contributed by atoms with E-state index in [2.05, 4.69) is 10.4 Å². The van der Waals surface area contributed by atoms with Crippen molar-refractivity contribution in [3.05, 3.63) is 46.7 Å². The number of benzene rings is 1. The molecule has 3 rings (SSSR count). The SMILES string of the molecule is Cn1cc(NC(=O)C(=O)N2CCc3ccc(Cl)cc3C2)cn1. The van der Waals surface area contributed by atoms with E-state index in [1.54, 1.807) is 17.9 Å². The van der Waals surface area contributed by atoms with Gasteiger partial charge in [0.05, 0.1) is 11.9 Å². The minimum absolute atomic E-state index is 0.398. The minimum Gasteiger partial charge on any atom is -0.330 e. The molecule has 114 valence electrons. The molecular formula is C15H15ClN4O2. The molecule has 6 nitrogen and oxygen atoms in total. The number of carbonyl (C=O) groups is 2. The summed E-state index contributed by atoms with van der Waals surface area (Å²) >= 11 is 5.98. The Kier molecular flexibility index (Phi) is 3.85. The van der Waals surface area contributed by atoms with E-state index in [1.807, 2.05) is 18.2 Å². The quantitative estimate of drug-likeness (QED) is 0.812. The van der Waals surface area contributed by atoms with Crippen LogP contribution in [0, 0.1) is 0 Å². The van der Waals surface area contributed by atoms with E-state index in [0.29, 0.717) is 23.8 Å². The predicted octanol–water partition coefficient (Wildman–Crippen LogP) is 1.60. The summed E-state index contributed by atoms with van der Waals surface area (Å²) in [7, 11) is 1.74. The molecule has 0 saturated heterocycles. The number of carbonyl (C=O) groups excluding carboxylic acids is 2. The maximum Gasteiger partial charge on any atom is 0.314 e. The van der Waals surface area contributed by atoms with Crippen molar-refractivity contribution < 1.29 is 9.59 Å². The Hall–Kier alpha value is -2.34. The molecule has 0 atom stereocenters. The molecule has 1 aromatic carbocycles. The summed E-state index contributed by atoms with van der Waals surface area (Å²) in [5, 5.41) is 7.13. The molecule has 1 aliphatic rings. The van der Waals surface area contributed by atoms with Gasteiger partial charge < -0.3 is 10.2 Å². The fraction of sp³-hybridized carbons (Fsp3) is 0.267. The number of aryl methyl sites for hydroxylation is 1. The summed E-state index contributed by atoms with van der Waals surface area (Å²) in [5.74, 6) is -1.20. The highest BCUT2D eigenvalue weighted by atomic mass is 35.5. The zero-order valence-corrected chi connectivity index (χ0v) is 12.8. The molecule has 1 aliphatic heterocycles. The van der Waals surface area contributed by atoms with Crippen LogP contribution in [-0.2, 0) is 29.6 Å². The smallest absolute Gasteiger partial charge is 0.314 e. The Labute approximate surface area is 132 Å². The van der Waals surface area contributed by atoms with E-state index in [0.717, 1.165) is 12.0 Å². The van der Waals surface area contributed by atoms with Crippen LogP contribution in [0.2, 0.25) is 5.02 Å². The number of anilines is 1. The molecular weight excluding hydrogens is 304 g/mol. The Bertz CT molecular complexity index is 741. The molecule has 1 aromatic heterocycles. The summed E-state index contributed by atoms with van der Waals surface area (Å²) in [4.78, 5) is 25.8. The minimum atomic E-state index is -0.654. The molecule has 0 saturated carbocycles. The first-order valence-electron chi connectivity index (χ1n) is 6.89. The molecule has 0 bridgehead atoms. The van der Waals surface area contributed by atoms with Gasteiger partial charge in [-0.3, -0.25) is 14.3 Å². The lowest BCUT2D eigenvalue weighted by atomic mass is 10.00. The number of amides is 2. The van der Waals surface area contributed by atoms with Crippen LogP contribution in [0.15, 0.2) is 30.6 Å². The number of rotatable bonds is 1. The topological polar surface area (TPSA) is 67.2 Å². The zero-order chi connectivity index (χ0) is 15.7. The highest BCUT2D eigenvalue weighted by molar-refractivity contribution is 6.39. The van der Waals surface area contributed by atoms with Crippen LogP contribution in [0.25, 0.3) is 0 Å². The van der Waals surface area contributed by atoms with Crippen LogP contribution in [0.5, 0.6) is 0 Å². The maximum atomic E-state index is 12.3. The molecule has 0 unspecified atom stereocenters. The predicted molar refractivity (Wildman–Crippen MR) is 82.4 cm³/mol. The molecule has 0 spiro atoms. The molecule has 1 N–H and O–H groups in total. The third kappa shape index (κ3) is 2.96. The van der Waals surface area contributed by atoms with E-state index in [4.69, 9.17) is 11.6 Å². The van der Waals surface area contributed by atoms with Crippen LogP contribution in [0.1, 0.15) is 11.1 Å². The van der Waals surface area contributed by atoms with Gasteiger partial charge in [0.15, 0.2) is 0 Å². The van der Waals surface area contributed by atoms with Crippen LogP contribution in [0.4, 0.5) is 5.69 Å².